The van der Waals surface area contributed by atoms with Crippen molar-refractivity contribution < 1.29 is 23.9 Å². The number of hydrogen-bond acceptors (Lipinski definition) is 8. The summed E-state index contributed by atoms with van der Waals surface area (Å²) in [6.45, 7) is 3.62. The Morgan fingerprint density at radius 3 is 2.19 bits per heavy atom. The minimum absolute atomic E-state index is 0.107. The second-order valence-corrected chi connectivity index (χ2v) is 10.7. The molecule has 2 atom stereocenters. The molecule has 1 heterocycles. The summed E-state index contributed by atoms with van der Waals surface area (Å²) < 4.78 is 11.3. The average Bonchev–Trinajstić information content (AvgIpc) is 3.19. The number of hydrogen-bond donors (Lipinski definition) is 0. The summed E-state index contributed by atoms with van der Waals surface area (Å²) in [5.41, 5.74) is 0.712. The number of methoxy groups -OCH3 is 2. The zero-order valence-corrected chi connectivity index (χ0v) is 22.7. The summed E-state index contributed by atoms with van der Waals surface area (Å²) in [5, 5.41) is 7.03. The van der Waals surface area contributed by atoms with Crippen molar-refractivity contribution in [2.24, 2.45) is 10.5 Å². The molecule has 0 aromatic heterocycles. The Morgan fingerprint density at radius 1 is 1.06 bits per heavy atom. The van der Waals surface area contributed by atoms with E-state index in [-0.39, 0.29) is 36.6 Å². The SMILES string of the molecule is COC(=O)CC(C)SN(C(=O)CN1CC(C)(C(=O)OC)C(c2ccc(Cl)cc2)=N1)c1ccc(Cl)cc1. The van der Waals surface area contributed by atoms with Gasteiger partial charge in [0.15, 0.2) is 0 Å². The van der Waals surface area contributed by atoms with Gasteiger partial charge in [-0.25, -0.2) is 0 Å². The lowest BCUT2D eigenvalue weighted by atomic mass is 9.82. The van der Waals surface area contributed by atoms with Gasteiger partial charge in [0.25, 0.3) is 5.91 Å². The van der Waals surface area contributed by atoms with E-state index >= 15 is 0 Å². The van der Waals surface area contributed by atoms with Crippen LogP contribution in [0.1, 0.15) is 25.8 Å². The van der Waals surface area contributed by atoms with Crippen molar-refractivity contribution in [3.63, 3.8) is 0 Å². The van der Waals surface area contributed by atoms with Crippen LogP contribution in [0.25, 0.3) is 0 Å². The van der Waals surface area contributed by atoms with Gasteiger partial charge in [0.2, 0.25) is 0 Å². The van der Waals surface area contributed by atoms with Crippen LogP contribution in [0, 0.1) is 5.41 Å². The zero-order chi connectivity index (χ0) is 26.5. The molecular formula is C25H27Cl2N3O5S. The molecule has 0 spiro atoms. The number of esters is 2. The Balaban J connectivity index is 1.88. The van der Waals surface area contributed by atoms with Gasteiger partial charge < -0.3 is 9.47 Å². The van der Waals surface area contributed by atoms with Crippen LogP contribution in [0.4, 0.5) is 5.69 Å². The topological polar surface area (TPSA) is 88.5 Å². The van der Waals surface area contributed by atoms with Gasteiger partial charge in [-0.3, -0.25) is 23.7 Å². The predicted molar refractivity (Wildman–Crippen MR) is 142 cm³/mol. The van der Waals surface area contributed by atoms with Crippen LogP contribution >= 0.6 is 35.1 Å². The van der Waals surface area contributed by atoms with Crippen LogP contribution < -0.4 is 4.31 Å². The van der Waals surface area contributed by atoms with Crippen molar-refractivity contribution in [2.75, 3.05) is 31.6 Å². The fourth-order valence-corrected chi connectivity index (χ4v) is 5.03. The van der Waals surface area contributed by atoms with Gasteiger partial charge in [-0.15, -0.1) is 0 Å². The van der Waals surface area contributed by atoms with Gasteiger partial charge in [-0.05, 0) is 60.8 Å². The normalized spacial score (nSPS) is 17.8. The number of ether oxygens (including phenoxy) is 2. The molecule has 0 aliphatic carbocycles. The third-order valence-electron chi connectivity index (χ3n) is 5.59. The summed E-state index contributed by atoms with van der Waals surface area (Å²) in [6.07, 6.45) is 0.127. The molecule has 0 bridgehead atoms. The van der Waals surface area contributed by atoms with Crippen LogP contribution in [-0.4, -0.2) is 61.1 Å². The molecule has 192 valence electrons. The van der Waals surface area contributed by atoms with E-state index in [1.54, 1.807) is 60.5 Å². The maximum atomic E-state index is 13.5. The standard InChI is InChI=1S/C25H27Cl2N3O5S/c1-16(13-22(32)34-3)36-30(20-11-9-19(27)10-12-20)21(31)14-29-15-25(2,24(33)35-4)23(28-29)17-5-7-18(26)8-6-17/h5-12,16H,13-15H2,1-4H3. The van der Waals surface area contributed by atoms with Crippen LogP contribution in [0.15, 0.2) is 53.6 Å². The molecule has 2 aromatic carbocycles. The van der Waals surface area contributed by atoms with Gasteiger partial charge in [0, 0.05) is 15.3 Å². The molecule has 2 aromatic rings. The summed E-state index contributed by atoms with van der Waals surface area (Å²) >= 11 is 13.3. The fourth-order valence-electron chi connectivity index (χ4n) is 3.78. The third kappa shape index (κ3) is 6.52. The van der Waals surface area contributed by atoms with Gasteiger partial charge in [-0.1, -0.05) is 42.3 Å². The highest BCUT2D eigenvalue weighted by Gasteiger charge is 2.47. The molecule has 0 radical (unpaired) electrons. The largest absolute Gasteiger partial charge is 0.469 e. The predicted octanol–water partition coefficient (Wildman–Crippen LogP) is 4.83. The number of carbonyl (C=O) groups is 3. The summed E-state index contributed by atoms with van der Waals surface area (Å²) in [4.78, 5) is 38.0. The van der Waals surface area contributed by atoms with Crippen molar-refractivity contribution in [1.29, 1.82) is 0 Å². The van der Waals surface area contributed by atoms with Gasteiger partial charge in [0.05, 0.1) is 38.6 Å². The Hall–Kier alpha value is -2.75. The van der Waals surface area contributed by atoms with Gasteiger partial charge in [-0.2, -0.15) is 5.10 Å². The lowest BCUT2D eigenvalue weighted by molar-refractivity contribution is -0.148. The molecule has 0 saturated heterocycles. The number of anilines is 1. The lowest BCUT2D eigenvalue weighted by Gasteiger charge is -2.27. The molecular weight excluding hydrogens is 525 g/mol. The number of amides is 1. The van der Waals surface area contributed by atoms with Gasteiger partial charge >= 0.3 is 11.9 Å². The van der Waals surface area contributed by atoms with Gasteiger partial charge in [0.1, 0.15) is 12.0 Å². The van der Waals surface area contributed by atoms with Crippen LogP contribution in [0.2, 0.25) is 10.0 Å². The van der Waals surface area contributed by atoms with Crippen molar-refractivity contribution in [2.45, 2.75) is 25.5 Å². The minimum atomic E-state index is -1.08. The second kappa shape index (κ2) is 12.0. The Kier molecular flexibility index (Phi) is 9.27. The first kappa shape index (κ1) is 27.8. The number of nitrogens with zero attached hydrogens (tertiary/aromatic N) is 3. The summed E-state index contributed by atoms with van der Waals surface area (Å²) in [6, 6.07) is 13.8. The highest BCUT2D eigenvalue weighted by molar-refractivity contribution is 8.02. The smallest absolute Gasteiger partial charge is 0.319 e. The maximum Gasteiger partial charge on any atom is 0.319 e. The number of carbonyl (C=O) groups excluding carboxylic acids is 3. The van der Waals surface area contributed by atoms with E-state index in [9.17, 15) is 14.4 Å². The van der Waals surface area contributed by atoms with Crippen LogP contribution in [0.3, 0.4) is 0 Å². The quantitative estimate of drug-likeness (QED) is 0.326. The molecule has 0 saturated carbocycles. The van der Waals surface area contributed by atoms with E-state index in [0.717, 1.165) is 0 Å². The molecule has 11 heteroatoms. The van der Waals surface area contributed by atoms with E-state index in [1.165, 1.54) is 30.5 Å². The van der Waals surface area contributed by atoms with Crippen LogP contribution in [0.5, 0.6) is 0 Å². The molecule has 1 aliphatic rings. The fraction of sp³-hybridized carbons (Fsp3) is 0.360. The highest BCUT2D eigenvalue weighted by atomic mass is 35.5. The van der Waals surface area contributed by atoms with Crippen molar-refractivity contribution >= 4 is 64.4 Å². The molecule has 2 unspecified atom stereocenters. The van der Waals surface area contributed by atoms with E-state index in [2.05, 4.69) is 5.10 Å². The van der Waals surface area contributed by atoms with Crippen molar-refractivity contribution in [3.8, 4) is 0 Å². The summed E-state index contributed by atoms with van der Waals surface area (Å²) in [7, 11) is 2.65. The number of halogens is 2. The second-order valence-electron chi connectivity index (χ2n) is 8.46. The van der Waals surface area contributed by atoms with Crippen LogP contribution in [-0.2, 0) is 23.9 Å². The number of rotatable bonds is 9. The number of benzene rings is 2. The van der Waals surface area contributed by atoms with E-state index in [1.807, 2.05) is 6.92 Å². The Labute approximate surface area is 224 Å². The van der Waals surface area contributed by atoms with E-state index in [0.29, 0.717) is 27.0 Å². The zero-order valence-electron chi connectivity index (χ0n) is 20.4. The monoisotopic (exact) mass is 551 g/mol. The number of hydrazone groups is 1. The maximum absolute atomic E-state index is 13.5. The molecule has 1 amide bonds. The van der Waals surface area contributed by atoms with E-state index < -0.39 is 11.4 Å². The van der Waals surface area contributed by atoms with Crippen molar-refractivity contribution in [3.05, 3.63) is 64.1 Å². The average molecular weight is 552 g/mol. The van der Waals surface area contributed by atoms with Crippen molar-refractivity contribution in [1.82, 2.24) is 5.01 Å². The first-order chi connectivity index (χ1) is 17.1. The lowest BCUT2D eigenvalue weighted by Crippen LogP contribution is -2.42. The molecule has 8 nitrogen and oxygen atoms in total. The summed E-state index contributed by atoms with van der Waals surface area (Å²) in [5.74, 6) is -1.11. The third-order valence-corrected chi connectivity index (χ3v) is 7.24. The highest BCUT2D eigenvalue weighted by Crippen LogP contribution is 2.34. The first-order valence-electron chi connectivity index (χ1n) is 11.1. The molecule has 0 fully saturated rings. The molecule has 3 rings (SSSR count). The molecule has 1 aliphatic heterocycles. The Bertz CT molecular complexity index is 1140. The first-order valence-corrected chi connectivity index (χ1v) is 12.7. The molecule has 36 heavy (non-hydrogen) atoms. The Morgan fingerprint density at radius 2 is 1.64 bits per heavy atom. The minimum Gasteiger partial charge on any atom is -0.469 e. The van der Waals surface area contributed by atoms with E-state index in [4.69, 9.17) is 32.7 Å². The molecule has 0 N–H and O–H groups in total.